The summed E-state index contributed by atoms with van der Waals surface area (Å²) in [5, 5.41) is 8.54. The van der Waals surface area contributed by atoms with Gasteiger partial charge < -0.3 is 4.74 Å². The second-order valence-corrected chi connectivity index (χ2v) is 4.44. The van der Waals surface area contributed by atoms with Crippen molar-refractivity contribution < 1.29 is 14.3 Å². The fraction of sp³-hybridized carbons (Fsp3) is 0.769. The van der Waals surface area contributed by atoms with Crippen LogP contribution in [0.4, 0.5) is 0 Å². The molecular formula is C13H19NO3. The lowest BCUT2D eigenvalue weighted by Crippen LogP contribution is -2.42. The third kappa shape index (κ3) is 3.06. The Balaban J connectivity index is 2.79. The third-order valence-electron chi connectivity index (χ3n) is 3.35. The minimum Gasteiger partial charge on any atom is -0.465 e. The maximum atomic E-state index is 12.0. The fourth-order valence-electron chi connectivity index (χ4n) is 2.41. The van der Waals surface area contributed by atoms with Crippen LogP contribution < -0.4 is 0 Å². The van der Waals surface area contributed by atoms with Gasteiger partial charge in [-0.15, -0.1) is 0 Å². The number of carbonyl (C=O) groups excluding carboxylic acids is 2. The highest BCUT2D eigenvalue weighted by Crippen LogP contribution is 2.39. The van der Waals surface area contributed by atoms with E-state index in [2.05, 4.69) is 0 Å². The van der Waals surface area contributed by atoms with Crippen LogP contribution in [0.5, 0.6) is 0 Å². The Hall–Kier alpha value is -1.37. The fourth-order valence-corrected chi connectivity index (χ4v) is 2.41. The zero-order valence-corrected chi connectivity index (χ0v) is 10.3. The van der Waals surface area contributed by atoms with Crippen LogP contribution in [0.15, 0.2) is 0 Å². The summed E-state index contributed by atoms with van der Waals surface area (Å²) in [6.07, 6.45) is 4.21. The Kier molecular flexibility index (Phi) is 5.14. The van der Waals surface area contributed by atoms with Crippen LogP contribution in [0, 0.1) is 16.7 Å². The van der Waals surface area contributed by atoms with Gasteiger partial charge >= 0.3 is 5.97 Å². The molecule has 0 aromatic heterocycles. The standard InChI is InChI=1S/C13H19NO3/c1-2-17-12(16)13(9-5-6-10-14)8-4-3-7-11(13)15/h2-9H2,1H3. The van der Waals surface area contributed by atoms with Gasteiger partial charge in [-0.3, -0.25) is 9.59 Å². The summed E-state index contributed by atoms with van der Waals surface area (Å²) in [6, 6.07) is 2.05. The molecule has 0 bridgehead atoms. The molecule has 1 saturated carbocycles. The topological polar surface area (TPSA) is 67.2 Å². The average molecular weight is 237 g/mol. The van der Waals surface area contributed by atoms with Crippen LogP contribution in [0.3, 0.4) is 0 Å². The van der Waals surface area contributed by atoms with E-state index in [0.29, 0.717) is 38.7 Å². The van der Waals surface area contributed by atoms with Crippen LogP contribution >= 0.6 is 0 Å². The second kappa shape index (κ2) is 6.39. The Bertz CT molecular complexity index is 332. The maximum absolute atomic E-state index is 12.0. The van der Waals surface area contributed by atoms with E-state index in [0.717, 1.165) is 12.8 Å². The Morgan fingerprint density at radius 2 is 2.29 bits per heavy atom. The maximum Gasteiger partial charge on any atom is 0.319 e. The van der Waals surface area contributed by atoms with Crippen LogP contribution in [-0.2, 0) is 14.3 Å². The van der Waals surface area contributed by atoms with Crippen molar-refractivity contribution in [2.75, 3.05) is 6.61 Å². The number of Topliss-reactive ketones (excluding diaryl/α,β-unsaturated/α-hetero) is 1. The highest BCUT2D eigenvalue weighted by Gasteiger charge is 2.47. The SMILES string of the molecule is CCOC(=O)C1(CCCC#N)CCCCC1=O. The summed E-state index contributed by atoms with van der Waals surface area (Å²) in [4.78, 5) is 24.0. The van der Waals surface area contributed by atoms with E-state index >= 15 is 0 Å². The van der Waals surface area contributed by atoms with Crippen LogP contribution in [-0.4, -0.2) is 18.4 Å². The number of nitrogens with zero attached hydrogens (tertiary/aromatic N) is 1. The predicted octanol–water partition coefficient (Wildman–Crippen LogP) is 2.37. The van der Waals surface area contributed by atoms with Gasteiger partial charge in [0.25, 0.3) is 0 Å². The summed E-state index contributed by atoms with van der Waals surface area (Å²) in [7, 11) is 0. The molecule has 1 aliphatic rings. The molecule has 1 atom stereocenters. The molecule has 0 spiro atoms. The average Bonchev–Trinajstić information content (AvgIpc) is 2.32. The lowest BCUT2D eigenvalue weighted by molar-refractivity contribution is -0.163. The molecule has 0 aromatic rings. The van der Waals surface area contributed by atoms with Crippen LogP contribution in [0.1, 0.15) is 51.9 Å². The summed E-state index contributed by atoms with van der Waals surface area (Å²) in [5.74, 6) is -0.386. The number of carbonyl (C=O) groups is 2. The van der Waals surface area contributed by atoms with Crippen LogP contribution in [0.2, 0.25) is 0 Å². The molecule has 1 fully saturated rings. The van der Waals surface area contributed by atoms with Gasteiger partial charge in [-0.2, -0.15) is 5.26 Å². The number of ketones is 1. The van der Waals surface area contributed by atoms with E-state index in [1.165, 1.54) is 0 Å². The molecule has 4 heteroatoms. The summed E-state index contributed by atoms with van der Waals surface area (Å²) < 4.78 is 5.04. The van der Waals surface area contributed by atoms with E-state index in [1.807, 2.05) is 6.07 Å². The summed E-state index contributed by atoms with van der Waals surface area (Å²) in [6.45, 7) is 2.04. The monoisotopic (exact) mass is 237 g/mol. The smallest absolute Gasteiger partial charge is 0.319 e. The molecule has 0 aliphatic heterocycles. The lowest BCUT2D eigenvalue weighted by atomic mass is 9.70. The first kappa shape index (κ1) is 13.7. The quantitative estimate of drug-likeness (QED) is 0.418. The number of unbranched alkanes of at least 4 members (excludes halogenated alkanes) is 1. The highest BCUT2D eigenvalue weighted by atomic mass is 16.5. The van der Waals surface area contributed by atoms with Gasteiger partial charge in [0.15, 0.2) is 0 Å². The summed E-state index contributed by atoms with van der Waals surface area (Å²) in [5.41, 5.74) is -0.953. The van der Waals surface area contributed by atoms with Crippen molar-refractivity contribution in [1.82, 2.24) is 0 Å². The summed E-state index contributed by atoms with van der Waals surface area (Å²) >= 11 is 0. The van der Waals surface area contributed by atoms with Gasteiger partial charge in [0.1, 0.15) is 11.2 Å². The van der Waals surface area contributed by atoms with Gasteiger partial charge in [0.2, 0.25) is 0 Å². The molecule has 4 nitrogen and oxygen atoms in total. The number of ether oxygens (including phenoxy) is 1. The molecule has 0 amide bonds. The molecule has 1 aliphatic carbocycles. The lowest BCUT2D eigenvalue weighted by Gasteiger charge is -2.33. The molecule has 94 valence electrons. The van der Waals surface area contributed by atoms with E-state index in [-0.39, 0.29) is 11.8 Å². The van der Waals surface area contributed by atoms with Crippen molar-refractivity contribution >= 4 is 11.8 Å². The van der Waals surface area contributed by atoms with Crippen molar-refractivity contribution in [3.63, 3.8) is 0 Å². The highest BCUT2D eigenvalue weighted by molar-refractivity contribution is 6.04. The van der Waals surface area contributed by atoms with Crippen molar-refractivity contribution in [2.24, 2.45) is 5.41 Å². The molecule has 0 N–H and O–H groups in total. The van der Waals surface area contributed by atoms with Gasteiger partial charge in [0, 0.05) is 12.8 Å². The zero-order chi connectivity index (χ0) is 12.7. The zero-order valence-electron chi connectivity index (χ0n) is 10.3. The molecule has 17 heavy (non-hydrogen) atoms. The van der Waals surface area contributed by atoms with Crippen LogP contribution in [0.25, 0.3) is 0 Å². The van der Waals surface area contributed by atoms with Crippen molar-refractivity contribution in [2.45, 2.75) is 51.9 Å². The van der Waals surface area contributed by atoms with E-state index in [1.54, 1.807) is 6.92 Å². The Morgan fingerprint density at radius 3 is 2.88 bits per heavy atom. The molecule has 0 aromatic carbocycles. The molecule has 0 radical (unpaired) electrons. The van der Waals surface area contributed by atoms with E-state index < -0.39 is 5.41 Å². The minimum atomic E-state index is -0.953. The Morgan fingerprint density at radius 1 is 1.53 bits per heavy atom. The van der Waals surface area contributed by atoms with Crippen molar-refractivity contribution in [1.29, 1.82) is 5.26 Å². The molecule has 0 saturated heterocycles. The second-order valence-electron chi connectivity index (χ2n) is 4.44. The van der Waals surface area contributed by atoms with E-state index in [9.17, 15) is 9.59 Å². The molecule has 1 rings (SSSR count). The molecular weight excluding hydrogens is 218 g/mol. The Labute approximate surface area is 102 Å². The van der Waals surface area contributed by atoms with Gasteiger partial charge in [-0.1, -0.05) is 6.42 Å². The van der Waals surface area contributed by atoms with Gasteiger partial charge in [0.05, 0.1) is 12.7 Å². The number of nitriles is 1. The first-order valence-electron chi connectivity index (χ1n) is 6.25. The first-order valence-corrected chi connectivity index (χ1v) is 6.25. The van der Waals surface area contributed by atoms with Crippen molar-refractivity contribution in [3.05, 3.63) is 0 Å². The minimum absolute atomic E-state index is 0.000129. The largest absolute Gasteiger partial charge is 0.465 e. The number of hydrogen-bond donors (Lipinski definition) is 0. The molecule has 0 heterocycles. The normalized spacial score (nSPS) is 24.1. The number of esters is 1. The van der Waals surface area contributed by atoms with Gasteiger partial charge in [-0.25, -0.2) is 0 Å². The van der Waals surface area contributed by atoms with Crippen molar-refractivity contribution in [3.8, 4) is 6.07 Å². The third-order valence-corrected chi connectivity index (χ3v) is 3.35. The predicted molar refractivity (Wildman–Crippen MR) is 62.0 cm³/mol. The number of rotatable bonds is 5. The first-order chi connectivity index (χ1) is 8.17. The van der Waals surface area contributed by atoms with Gasteiger partial charge in [-0.05, 0) is 32.6 Å². The molecule has 1 unspecified atom stereocenters. The number of hydrogen-bond acceptors (Lipinski definition) is 4. The van der Waals surface area contributed by atoms with E-state index in [4.69, 9.17) is 10.00 Å².